The largest absolute Gasteiger partial charge is 2.00 e. The minimum atomic E-state index is -1.25. The summed E-state index contributed by atoms with van der Waals surface area (Å²) in [5.41, 5.74) is 1.49. The van der Waals surface area contributed by atoms with Crippen molar-refractivity contribution in [1.29, 1.82) is 0 Å². The van der Waals surface area contributed by atoms with Crippen LogP contribution in [0.1, 0.15) is 89.9 Å². The fraction of sp³-hybridized carbons (Fsp3) is 0.864. The molecule has 7 fully saturated rings. The second-order valence-corrected chi connectivity index (χ2v) is 17.3. The summed E-state index contributed by atoms with van der Waals surface area (Å²) in [6.07, 6.45) is 18.2. The van der Waals surface area contributed by atoms with Gasteiger partial charge in [0.25, 0.3) is 0 Å². The maximum atomic E-state index is 10.3. The molecule has 0 radical (unpaired) electrons. The van der Waals surface area contributed by atoms with Crippen LogP contribution >= 0.6 is 0 Å². The molecule has 0 atom stereocenters. The molecule has 26 N–H and O–H groups in total. The molecule has 82 heavy (non-hydrogen) atoms. The van der Waals surface area contributed by atoms with Crippen LogP contribution in [0.5, 0.6) is 0 Å². The number of carboxylic acids is 2. The van der Waals surface area contributed by atoms with Gasteiger partial charge in [-0.05, 0) is 17.8 Å². The molecule has 0 aliphatic carbocycles. The molecule has 0 aromatic rings. The number of rotatable bonds is 6. The zero-order valence-corrected chi connectivity index (χ0v) is 76.6. The summed E-state index contributed by atoms with van der Waals surface area (Å²) in [6.45, 7) is 13.6. The van der Waals surface area contributed by atoms with Crippen molar-refractivity contribution in [3.05, 3.63) is 94.7 Å². The van der Waals surface area contributed by atoms with E-state index in [4.69, 9.17) is 61.3 Å². The van der Waals surface area contributed by atoms with Crippen LogP contribution in [0, 0.1) is 51.2 Å². The number of aliphatic hydroxyl groups is 4. The predicted molar refractivity (Wildman–Crippen MR) is 285 cm³/mol. The molecular formula is C44H96Cd7N13O18-5. The van der Waals surface area contributed by atoms with Gasteiger partial charge >= 0.3 is 49.4 Å². The van der Waals surface area contributed by atoms with Gasteiger partial charge in [0.15, 0.2) is 12.6 Å². The summed E-state index contributed by atoms with van der Waals surface area (Å²) in [5, 5.41) is 110. The number of aliphatic carboxylic acids is 2. The molecule has 0 bridgehead atoms. The average molecular weight is 1880 g/mol. The number of hydrogen-bond donors (Lipinski definition) is 10. The van der Waals surface area contributed by atoms with Gasteiger partial charge in [0.05, 0.1) is 11.8 Å². The van der Waals surface area contributed by atoms with Crippen molar-refractivity contribution in [2.45, 2.75) is 102 Å². The van der Waals surface area contributed by atoms with Crippen LogP contribution in [0.4, 0.5) is 0 Å². The Bertz CT molecular complexity index is 1330. The van der Waals surface area contributed by atoms with Crippen LogP contribution in [-0.4, -0.2) is 195 Å². The number of nitrogens with two attached hydrogens (primary N) is 3. The summed E-state index contributed by atoms with van der Waals surface area (Å²) in [7, 11) is 0. The first-order chi connectivity index (χ1) is 32.6. The van der Waals surface area contributed by atoms with Crippen molar-refractivity contribution >= 4 is 11.9 Å². The summed E-state index contributed by atoms with van der Waals surface area (Å²) in [6, 6.07) is 0. The first kappa shape index (κ1) is 118. The van der Waals surface area contributed by atoms with Gasteiger partial charge in [-0.3, -0.25) is 9.59 Å². The molecule has 0 spiro atoms. The van der Waals surface area contributed by atoms with E-state index < -0.39 is 34.7 Å². The molecule has 0 aromatic carbocycles. The molecule has 0 unspecified atom stereocenters. The second-order valence-electron chi connectivity index (χ2n) is 17.3. The smallest absolute Gasteiger partial charge is 0.693 e. The van der Waals surface area contributed by atoms with Gasteiger partial charge in [-0.2, -0.15) is 6.20 Å². The van der Waals surface area contributed by atoms with E-state index in [-0.39, 0.29) is 255 Å². The Morgan fingerprint density at radius 1 is 0.439 bits per heavy atom. The van der Waals surface area contributed by atoms with Crippen molar-refractivity contribution in [2.75, 3.05) is 98.2 Å². The number of nitrogens with zero attached hydrogens (tertiary/aromatic N) is 10. The summed E-state index contributed by atoms with van der Waals surface area (Å²) in [4.78, 5) is 37.6. The molecular weight excluding hydrogens is 1790 g/mol. The molecule has 8 aliphatic heterocycles. The van der Waals surface area contributed by atoms with Gasteiger partial charge in [-0.25, -0.2) is 20.8 Å². The number of allylic oxidation sites excluding steroid dienone is 2. The van der Waals surface area contributed by atoms with E-state index >= 15 is 0 Å². The predicted octanol–water partition coefficient (Wildman–Crippen LogP) is 4.75. The minimum absolute atomic E-state index is 0. The standard InChI is InChI=1S/C10H18N2.C10H14N2.2C6H12NO2.2C6H10NO2.7Cd.2H2NO3.3H2N.4H2O/c2*1-5-11-6-2-9(1)10-3-7-12-8-4-10;4*8-6(9)5-1-3-7-4-2-5;;;;;;;;2*2-1(3)4;;;;;;;/h9-10H,1-8H2;1-2,5,10H,3-4,6-8H2;2*5-6,8-9H,1-4H2;2*5H,1-4H2,(H,8,9);;;;;;;;2*(H2,2,3,4);7*1H2/q2*-2;4*-1;;;;;;;+2;2*+1;3*-1;;;;/p+2. The number of carbonyl (C=O) groups is 2. The Kier molecular flexibility index (Phi) is 115. The van der Waals surface area contributed by atoms with Crippen molar-refractivity contribution in [1.82, 2.24) is 0 Å². The Hall–Kier alpha value is 2.35. The van der Waals surface area contributed by atoms with Gasteiger partial charge in [0.2, 0.25) is 0 Å². The van der Waals surface area contributed by atoms with E-state index in [9.17, 15) is 9.59 Å². The maximum Gasteiger partial charge on any atom is 2.00 e. The quantitative estimate of drug-likeness (QED) is 0.0743. The van der Waals surface area contributed by atoms with E-state index in [0.717, 1.165) is 167 Å². The number of aliphatic hydroxyl groups excluding tert-OH is 2. The number of piperidine rings is 7. The first-order valence-electron chi connectivity index (χ1n) is 24.0. The molecule has 0 amide bonds. The minimum Gasteiger partial charge on any atom is -0.693 e. The van der Waals surface area contributed by atoms with Gasteiger partial charge in [0.1, 0.15) is 9.81 Å². The third-order valence-electron chi connectivity index (χ3n) is 12.6. The average Bonchev–Trinajstić information content (AvgIpc) is 3.37. The summed E-state index contributed by atoms with van der Waals surface area (Å²) >= 11 is 0. The maximum absolute atomic E-state index is 10.3. The van der Waals surface area contributed by atoms with Crippen LogP contribution in [0.2, 0.25) is 0 Å². The van der Waals surface area contributed by atoms with Crippen LogP contribution < -0.4 is 0 Å². The molecule has 8 rings (SSSR count). The van der Waals surface area contributed by atoms with Crippen molar-refractivity contribution in [2.24, 2.45) is 41.4 Å². The molecule has 7 saturated heterocycles. The van der Waals surface area contributed by atoms with Gasteiger partial charge in [0, 0.05) is 176 Å². The van der Waals surface area contributed by atoms with Crippen LogP contribution in [0.15, 0.2) is 23.9 Å². The van der Waals surface area contributed by atoms with Gasteiger partial charge in [-0.1, -0.05) is 108 Å². The zero-order chi connectivity index (χ0) is 50.4. The molecule has 8 aliphatic rings. The van der Waals surface area contributed by atoms with E-state index in [1.807, 2.05) is 6.20 Å². The van der Waals surface area contributed by atoms with E-state index in [1.165, 1.54) is 44.1 Å². The first-order valence-corrected chi connectivity index (χ1v) is 24.0. The SMILES string of the molecule is C1=CC(C2CC[N-]CC2)=CC[N-]1.C1CC(C2CC[N-]CC2)CC[N-]1.O.O.O=C(O)C1CC[N-]CC1.O=C(O)C1CC[N-]CC1.O=[N+](O)O.O=[N+](O)O.OC(O)C1CC[N-]CC1.OC(O)C1CC[N-]CC1.[Cd+2].[Cd].[Cd].[Cd].[Cd].[Cd].[Cd].[NH2-].[NH2-].[NH2-].[OH3+].[OH3+]. The topological polar surface area (TPSA) is 619 Å². The van der Waals surface area contributed by atoms with Crippen molar-refractivity contribution < 1.29 is 284 Å². The van der Waals surface area contributed by atoms with E-state index in [0.29, 0.717) is 0 Å². The number of hydrogen-bond acceptors (Lipinski definition) is 8. The van der Waals surface area contributed by atoms with E-state index in [1.54, 1.807) is 0 Å². The van der Waals surface area contributed by atoms with Crippen LogP contribution in [-0.2, 0) is 212 Å². The Morgan fingerprint density at radius 2 is 0.659 bits per heavy atom. The van der Waals surface area contributed by atoms with Crippen molar-refractivity contribution in [3.8, 4) is 0 Å². The Morgan fingerprint density at radius 3 is 0.841 bits per heavy atom. The Labute approximate surface area is 625 Å². The van der Waals surface area contributed by atoms with Crippen molar-refractivity contribution in [3.63, 3.8) is 0 Å². The zero-order valence-electron chi connectivity index (χ0n) is 48.3. The Balaban J connectivity index is -0.0000000534. The van der Waals surface area contributed by atoms with Crippen LogP contribution in [0.3, 0.4) is 0 Å². The normalized spacial score (nSPS) is 18.3. The van der Waals surface area contributed by atoms with Crippen LogP contribution in [0.25, 0.3) is 61.0 Å². The molecule has 0 aromatic heterocycles. The molecule has 464 valence electrons. The third kappa shape index (κ3) is 66.8. The molecule has 0 saturated carbocycles. The van der Waals surface area contributed by atoms with E-state index in [2.05, 4.69) is 54.7 Å². The fourth-order valence-corrected chi connectivity index (χ4v) is 8.43. The summed E-state index contributed by atoms with van der Waals surface area (Å²) in [5.74, 6) is 1.30. The second kappa shape index (κ2) is 79.4. The fourth-order valence-electron chi connectivity index (χ4n) is 8.43. The van der Waals surface area contributed by atoms with Gasteiger partial charge < -0.3 is 114 Å². The monoisotopic (exact) mass is 1890 g/mol. The molecule has 8 heterocycles. The van der Waals surface area contributed by atoms with Gasteiger partial charge in [-0.15, -0.1) is 98.2 Å². The molecule has 38 heteroatoms. The molecule has 31 nitrogen and oxygen atoms in total. The number of carboxylic acid groups (broad SMARTS) is 2. The summed E-state index contributed by atoms with van der Waals surface area (Å²) < 4.78 is 0. The third-order valence-corrected chi connectivity index (χ3v) is 12.6.